The van der Waals surface area contributed by atoms with Gasteiger partial charge in [-0.15, -0.1) is 4.99 Å². The highest BCUT2D eigenvalue weighted by Crippen LogP contribution is 2.23. The highest BCUT2D eigenvalue weighted by molar-refractivity contribution is 5.91. The lowest BCUT2D eigenvalue weighted by Gasteiger charge is -2.15. The van der Waals surface area contributed by atoms with Gasteiger partial charge < -0.3 is 14.9 Å². The van der Waals surface area contributed by atoms with Crippen LogP contribution >= 0.6 is 0 Å². The molecule has 2 aromatic rings. The van der Waals surface area contributed by atoms with Crippen LogP contribution < -0.4 is 4.99 Å². The molecule has 0 saturated heterocycles. The van der Waals surface area contributed by atoms with Gasteiger partial charge in [0.2, 0.25) is 5.69 Å². The van der Waals surface area contributed by atoms with Crippen LogP contribution in [0.4, 0.5) is 5.69 Å². The summed E-state index contributed by atoms with van der Waals surface area (Å²) < 4.78 is 5.32. The molecule has 4 heteroatoms. The van der Waals surface area contributed by atoms with E-state index in [2.05, 4.69) is 4.99 Å². The Hall–Kier alpha value is -2.23. The fraction of sp³-hybridized carbons (Fsp3) is 0.267. The maximum atomic E-state index is 9.79. The van der Waals surface area contributed by atoms with Gasteiger partial charge in [-0.25, -0.2) is 0 Å². The normalized spacial score (nSPS) is 12.7. The Bertz CT molecular complexity index is 627. The summed E-state index contributed by atoms with van der Waals surface area (Å²) in [7, 11) is 0. The number of benzene rings is 2. The minimum Gasteiger partial charge on any atom is -0.508 e. The van der Waals surface area contributed by atoms with Crippen LogP contribution in [0.1, 0.15) is 20.8 Å². The summed E-state index contributed by atoms with van der Waals surface area (Å²) in [5.41, 5.74) is 0.194. The molecule has 0 amide bonds. The second-order valence-corrected chi connectivity index (χ2v) is 5.36. The Labute approximate surface area is 112 Å². The van der Waals surface area contributed by atoms with Gasteiger partial charge in [-0.2, -0.15) is 0 Å². The monoisotopic (exact) mass is 260 g/mol. The third-order valence-electron chi connectivity index (χ3n) is 2.51. The molecule has 0 aliphatic heterocycles. The van der Waals surface area contributed by atoms with Crippen molar-refractivity contribution < 1.29 is 19.9 Å². The molecular weight excluding hydrogens is 242 g/mol. The van der Waals surface area contributed by atoms with E-state index < -0.39 is 5.60 Å². The summed E-state index contributed by atoms with van der Waals surface area (Å²) >= 11 is 0. The molecule has 0 saturated carbocycles. The fourth-order valence-electron chi connectivity index (χ4n) is 1.80. The minimum atomic E-state index is -0.482. The molecular formula is C15H18NO3+. The smallest absolute Gasteiger partial charge is 0.508 e. The molecule has 4 nitrogen and oxygen atoms in total. The Morgan fingerprint density at radius 2 is 1.89 bits per heavy atom. The van der Waals surface area contributed by atoms with Gasteiger partial charge in [0.25, 0.3) is 0 Å². The molecule has 0 fully saturated rings. The summed E-state index contributed by atoms with van der Waals surface area (Å²) in [5.74, 6) is 0.179. The third-order valence-corrected chi connectivity index (χ3v) is 2.51. The molecule has 0 bridgehead atoms. The largest absolute Gasteiger partial charge is 0.551 e. The standard InChI is InChI=1S/C15H17NO3/c1-15(2,3)19-14(18)16-13-6-4-5-10-7-8-11(17)9-12(10)13/h4-9,17H,1-3H3,(H,16,18)/p+1. The quantitative estimate of drug-likeness (QED) is 0.542. The minimum absolute atomic E-state index is 0.179. The summed E-state index contributed by atoms with van der Waals surface area (Å²) in [5, 5.41) is 21.1. The van der Waals surface area contributed by atoms with Gasteiger partial charge >= 0.3 is 6.08 Å². The lowest BCUT2D eigenvalue weighted by Crippen LogP contribution is -2.68. The molecule has 0 unspecified atom stereocenters. The van der Waals surface area contributed by atoms with Crippen LogP contribution in [-0.2, 0) is 4.74 Å². The summed E-state index contributed by atoms with van der Waals surface area (Å²) in [6, 6.07) is 10.7. The number of hydrogen-bond acceptors (Lipinski definition) is 2. The van der Waals surface area contributed by atoms with E-state index in [1.807, 2.05) is 45.0 Å². The first kappa shape index (κ1) is 13.2. The highest BCUT2D eigenvalue weighted by atomic mass is 16.6. The summed E-state index contributed by atoms with van der Waals surface area (Å²) in [6.45, 7) is 5.54. The van der Waals surface area contributed by atoms with E-state index in [0.717, 1.165) is 10.8 Å². The molecule has 100 valence electrons. The van der Waals surface area contributed by atoms with Crippen molar-refractivity contribution in [2.45, 2.75) is 26.4 Å². The van der Waals surface area contributed by atoms with E-state index in [1.165, 1.54) is 0 Å². The SMILES string of the molecule is CC(C)(C)OC(O)=[NH+]c1cccc2ccc(O)cc12. The fourth-order valence-corrected chi connectivity index (χ4v) is 1.80. The molecule has 19 heavy (non-hydrogen) atoms. The number of phenolic OH excluding ortho intramolecular Hbond substituents is 1. The number of nitrogens with one attached hydrogen (secondary N) is 1. The van der Waals surface area contributed by atoms with Crippen LogP contribution in [0.15, 0.2) is 36.4 Å². The van der Waals surface area contributed by atoms with E-state index >= 15 is 0 Å². The number of rotatable bonds is 1. The first-order valence-corrected chi connectivity index (χ1v) is 6.09. The van der Waals surface area contributed by atoms with Crippen LogP contribution in [0.2, 0.25) is 0 Å². The number of aliphatic hydroxyl groups excluding tert-OH is 1. The van der Waals surface area contributed by atoms with Crippen molar-refractivity contribution in [1.29, 1.82) is 0 Å². The predicted molar refractivity (Wildman–Crippen MR) is 74.7 cm³/mol. The number of aromatic hydroxyl groups is 1. The molecule has 2 rings (SSSR count). The zero-order valence-corrected chi connectivity index (χ0v) is 11.3. The Morgan fingerprint density at radius 1 is 1.16 bits per heavy atom. The topological polar surface area (TPSA) is 63.7 Å². The average molecular weight is 260 g/mol. The van der Waals surface area contributed by atoms with Crippen molar-refractivity contribution >= 4 is 22.5 Å². The third kappa shape index (κ3) is 3.37. The number of fused-ring (bicyclic) bond motifs is 1. The predicted octanol–water partition coefficient (Wildman–Crippen LogP) is 1.99. The number of phenols is 1. The Morgan fingerprint density at radius 3 is 2.58 bits per heavy atom. The van der Waals surface area contributed by atoms with E-state index in [0.29, 0.717) is 5.69 Å². The number of hydrogen-bond donors (Lipinski definition) is 3. The molecule has 0 atom stereocenters. The maximum absolute atomic E-state index is 9.79. The van der Waals surface area contributed by atoms with Crippen LogP contribution in [0.5, 0.6) is 5.75 Å². The molecule has 3 N–H and O–H groups in total. The van der Waals surface area contributed by atoms with Crippen LogP contribution in [0.25, 0.3) is 10.8 Å². The van der Waals surface area contributed by atoms with Crippen LogP contribution in [-0.4, -0.2) is 21.9 Å². The van der Waals surface area contributed by atoms with Gasteiger partial charge in [0.15, 0.2) is 0 Å². The van der Waals surface area contributed by atoms with Gasteiger partial charge in [-0.3, -0.25) is 0 Å². The van der Waals surface area contributed by atoms with Gasteiger partial charge in [0, 0.05) is 6.07 Å². The van der Waals surface area contributed by atoms with Gasteiger partial charge in [-0.1, -0.05) is 18.2 Å². The molecule has 0 aromatic heterocycles. The van der Waals surface area contributed by atoms with Crippen molar-refractivity contribution in [3.63, 3.8) is 0 Å². The van der Waals surface area contributed by atoms with Crippen LogP contribution in [0, 0.1) is 0 Å². The molecule has 0 aliphatic rings. The zero-order chi connectivity index (χ0) is 14.0. The zero-order valence-electron chi connectivity index (χ0n) is 11.3. The second-order valence-electron chi connectivity index (χ2n) is 5.36. The van der Waals surface area contributed by atoms with E-state index in [-0.39, 0.29) is 11.8 Å². The summed E-state index contributed by atoms with van der Waals surface area (Å²) in [6.07, 6.45) is -0.261. The number of ether oxygens (including phenoxy) is 1. The maximum Gasteiger partial charge on any atom is 0.551 e. The van der Waals surface area contributed by atoms with Gasteiger partial charge in [-0.05, 0) is 38.3 Å². The van der Waals surface area contributed by atoms with Crippen molar-refractivity contribution in [2.24, 2.45) is 0 Å². The molecule has 2 aromatic carbocycles. The molecule has 0 spiro atoms. The summed E-state index contributed by atoms with van der Waals surface area (Å²) in [4.78, 5) is 2.81. The average Bonchev–Trinajstić information content (AvgIpc) is 2.27. The van der Waals surface area contributed by atoms with Crippen molar-refractivity contribution in [1.82, 2.24) is 0 Å². The van der Waals surface area contributed by atoms with Crippen molar-refractivity contribution in [2.75, 3.05) is 0 Å². The lowest BCUT2D eigenvalue weighted by molar-refractivity contribution is -0.383. The molecule has 0 heterocycles. The van der Waals surface area contributed by atoms with Crippen molar-refractivity contribution in [3.8, 4) is 5.75 Å². The van der Waals surface area contributed by atoms with E-state index in [4.69, 9.17) is 4.74 Å². The van der Waals surface area contributed by atoms with Gasteiger partial charge in [0.05, 0.1) is 5.39 Å². The van der Waals surface area contributed by atoms with E-state index in [1.54, 1.807) is 12.1 Å². The first-order chi connectivity index (χ1) is 8.85. The van der Waals surface area contributed by atoms with E-state index in [9.17, 15) is 10.2 Å². The van der Waals surface area contributed by atoms with Crippen LogP contribution in [0.3, 0.4) is 0 Å². The highest BCUT2D eigenvalue weighted by Gasteiger charge is 2.19. The lowest BCUT2D eigenvalue weighted by atomic mass is 10.1. The second kappa shape index (κ2) is 4.80. The number of aliphatic hydroxyl groups is 1. The Kier molecular flexibility index (Phi) is 3.34. The molecule has 0 radical (unpaired) electrons. The first-order valence-electron chi connectivity index (χ1n) is 6.09. The van der Waals surface area contributed by atoms with Crippen molar-refractivity contribution in [3.05, 3.63) is 36.4 Å². The Balaban J connectivity index is 2.45. The molecule has 0 aliphatic carbocycles. The van der Waals surface area contributed by atoms with Gasteiger partial charge in [0.1, 0.15) is 11.4 Å².